The van der Waals surface area contributed by atoms with Crippen molar-refractivity contribution >= 4 is 23.0 Å². The predicted molar refractivity (Wildman–Crippen MR) is 126 cm³/mol. The molecule has 206 valence electrons. The molecular weight excluding hydrogens is 520 g/mol. The van der Waals surface area contributed by atoms with Crippen molar-refractivity contribution in [3.63, 3.8) is 0 Å². The van der Waals surface area contributed by atoms with Crippen LogP contribution in [0.15, 0.2) is 29.3 Å². The van der Waals surface area contributed by atoms with Gasteiger partial charge in [-0.05, 0) is 52.3 Å². The Bertz CT molecular complexity index is 1030. The lowest BCUT2D eigenvalue weighted by atomic mass is 9.94. The van der Waals surface area contributed by atoms with Crippen LogP contribution in [-0.4, -0.2) is 76.7 Å². The molecule has 0 N–H and O–H groups in total. The number of rotatable bonds is 4. The minimum atomic E-state index is -4.81. The molecule has 0 aromatic heterocycles. The summed E-state index contributed by atoms with van der Waals surface area (Å²) in [6.07, 6.45) is -11.4. The largest absolute Gasteiger partial charge is 0.443 e. The second-order valence-electron chi connectivity index (χ2n) is 10.5. The molecular formula is C24H30F4N2O6S. The molecule has 37 heavy (non-hydrogen) atoms. The number of amidine groups is 1. The molecule has 0 spiro atoms. The third kappa shape index (κ3) is 6.39. The minimum absolute atomic E-state index is 0.229. The van der Waals surface area contributed by atoms with Crippen LogP contribution in [0.2, 0.25) is 0 Å². The van der Waals surface area contributed by atoms with Gasteiger partial charge in [-0.2, -0.15) is 13.2 Å². The topological polar surface area (TPSA) is 78.8 Å². The van der Waals surface area contributed by atoms with Gasteiger partial charge in [0, 0.05) is 7.05 Å². The van der Waals surface area contributed by atoms with Crippen molar-refractivity contribution < 1.29 is 46.0 Å². The highest BCUT2D eigenvalue weighted by Gasteiger charge is 2.63. The fourth-order valence-electron chi connectivity index (χ4n) is 4.26. The molecule has 0 unspecified atom stereocenters. The number of hydrogen-bond donors (Lipinski definition) is 0. The normalized spacial score (nSPS) is 29.8. The smallest absolute Gasteiger partial charge is 0.417 e. The van der Waals surface area contributed by atoms with Gasteiger partial charge in [-0.3, -0.25) is 9.89 Å². The highest BCUT2D eigenvalue weighted by atomic mass is 32.2. The fraction of sp³-hybridized carbons (Fsp3) is 0.667. The molecule has 13 heteroatoms. The summed E-state index contributed by atoms with van der Waals surface area (Å²) >= 11 is 1.01. The van der Waals surface area contributed by atoms with E-state index in [1.807, 2.05) is 0 Å². The van der Waals surface area contributed by atoms with E-state index in [-0.39, 0.29) is 5.17 Å². The molecule has 3 aliphatic rings. The first-order valence-corrected chi connectivity index (χ1v) is 12.6. The van der Waals surface area contributed by atoms with Gasteiger partial charge >= 0.3 is 12.3 Å². The maximum atomic E-state index is 14.3. The summed E-state index contributed by atoms with van der Waals surface area (Å²) in [6, 6.07) is 4.26. The first-order valence-electron chi connectivity index (χ1n) is 11.7. The third-order valence-electron chi connectivity index (χ3n) is 5.79. The van der Waals surface area contributed by atoms with Crippen molar-refractivity contribution in [3.05, 3.63) is 35.6 Å². The van der Waals surface area contributed by atoms with Crippen LogP contribution in [0.1, 0.15) is 40.2 Å². The van der Waals surface area contributed by atoms with E-state index >= 15 is 0 Å². The number of nitrogens with zero attached hydrogens (tertiary/aromatic N) is 2. The van der Waals surface area contributed by atoms with Crippen LogP contribution in [0.4, 0.5) is 22.4 Å². The Morgan fingerprint density at radius 3 is 2.38 bits per heavy atom. The fourth-order valence-corrected chi connectivity index (χ4v) is 5.42. The van der Waals surface area contributed by atoms with Crippen LogP contribution in [-0.2, 0) is 30.3 Å². The number of halogens is 4. The monoisotopic (exact) mass is 550 g/mol. The lowest BCUT2D eigenvalue weighted by molar-refractivity contribution is -0.281. The van der Waals surface area contributed by atoms with E-state index in [9.17, 15) is 22.4 Å². The average molecular weight is 551 g/mol. The van der Waals surface area contributed by atoms with Crippen LogP contribution in [0.5, 0.6) is 0 Å². The maximum absolute atomic E-state index is 14.3. The summed E-state index contributed by atoms with van der Waals surface area (Å²) in [5.74, 6) is -1.70. The minimum Gasteiger partial charge on any atom is -0.443 e. The maximum Gasteiger partial charge on any atom is 0.417 e. The summed E-state index contributed by atoms with van der Waals surface area (Å²) in [5.41, 5.74) is -1.27. The second-order valence-corrected chi connectivity index (χ2v) is 11.6. The number of carbonyl (C=O) groups is 1. The number of benzene rings is 1. The van der Waals surface area contributed by atoms with Crippen molar-refractivity contribution in [3.8, 4) is 0 Å². The summed E-state index contributed by atoms with van der Waals surface area (Å²) in [6.45, 7) is 7.92. The highest BCUT2D eigenvalue weighted by Crippen LogP contribution is 2.47. The van der Waals surface area contributed by atoms with Gasteiger partial charge in [0.25, 0.3) is 0 Å². The third-order valence-corrected chi connectivity index (χ3v) is 7.01. The van der Waals surface area contributed by atoms with E-state index in [4.69, 9.17) is 23.7 Å². The van der Waals surface area contributed by atoms with Crippen LogP contribution < -0.4 is 0 Å². The van der Waals surface area contributed by atoms with Gasteiger partial charge in [-0.15, -0.1) is 0 Å². The molecule has 2 fully saturated rings. The molecule has 0 bridgehead atoms. The summed E-state index contributed by atoms with van der Waals surface area (Å²) in [4.78, 5) is 18.3. The van der Waals surface area contributed by atoms with E-state index in [1.54, 1.807) is 34.6 Å². The quantitative estimate of drug-likeness (QED) is 0.496. The summed E-state index contributed by atoms with van der Waals surface area (Å²) in [7, 11) is 1.46. The zero-order valence-electron chi connectivity index (χ0n) is 21.2. The number of amides is 1. The molecule has 8 nitrogen and oxygen atoms in total. The van der Waals surface area contributed by atoms with E-state index in [2.05, 4.69) is 4.99 Å². The molecule has 3 heterocycles. The van der Waals surface area contributed by atoms with Crippen LogP contribution in [0.25, 0.3) is 0 Å². The Kier molecular flexibility index (Phi) is 7.58. The molecule has 0 radical (unpaired) electrons. The van der Waals surface area contributed by atoms with Gasteiger partial charge in [0.15, 0.2) is 17.1 Å². The van der Waals surface area contributed by atoms with Gasteiger partial charge < -0.3 is 23.7 Å². The molecule has 1 aromatic carbocycles. The lowest BCUT2D eigenvalue weighted by Crippen LogP contribution is -2.60. The van der Waals surface area contributed by atoms with E-state index in [0.717, 1.165) is 23.9 Å². The van der Waals surface area contributed by atoms with E-state index < -0.39 is 72.0 Å². The van der Waals surface area contributed by atoms with Crippen molar-refractivity contribution in [2.75, 3.05) is 7.05 Å². The Labute approximate surface area is 216 Å². The number of hydrogen-bond acceptors (Lipinski definition) is 8. The van der Waals surface area contributed by atoms with Crippen LogP contribution >= 0.6 is 11.8 Å². The SMILES string of the molecule is CN(C(=O)OC(C)(C)C)C1=N[C@@H]2[C@H]3OC(C)(C)O[C@@H]3[C@@H]([C@@H](OCc3ccc(F)cc3)C(F)(F)F)O[C@@H]2S1. The molecule has 3 aliphatic heterocycles. The van der Waals surface area contributed by atoms with E-state index in [0.29, 0.717) is 5.56 Å². The van der Waals surface area contributed by atoms with Crippen LogP contribution in [0, 0.1) is 5.82 Å². The second kappa shape index (κ2) is 9.99. The number of carbonyl (C=O) groups excluding carboxylic acids is 1. The predicted octanol–water partition coefficient (Wildman–Crippen LogP) is 4.86. The Morgan fingerprint density at radius 2 is 1.78 bits per heavy atom. The van der Waals surface area contributed by atoms with Gasteiger partial charge in [0.05, 0.1) is 6.61 Å². The molecule has 1 amide bonds. The number of fused-ring (bicyclic) bond motifs is 3. The first kappa shape index (κ1) is 28.1. The molecule has 2 saturated heterocycles. The Morgan fingerprint density at radius 1 is 1.16 bits per heavy atom. The van der Waals surface area contributed by atoms with Crippen LogP contribution in [0.3, 0.4) is 0 Å². The highest BCUT2D eigenvalue weighted by molar-refractivity contribution is 8.14. The zero-order chi connectivity index (χ0) is 27.3. The Balaban J connectivity index is 1.57. The van der Waals surface area contributed by atoms with Gasteiger partial charge in [0.2, 0.25) is 0 Å². The first-order chi connectivity index (χ1) is 17.0. The van der Waals surface area contributed by atoms with Gasteiger partial charge in [-0.1, -0.05) is 23.9 Å². The molecule has 1 aromatic rings. The summed E-state index contributed by atoms with van der Waals surface area (Å²) < 4.78 is 84.5. The zero-order valence-corrected chi connectivity index (χ0v) is 22.1. The summed E-state index contributed by atoms with van der Waals surface area (Å²) in [5, 5.41) is 0.229. The Hall–Kier alpha value is -1.93. The molecule has 6 atom stereocenters. The molecule has 4 rings (SSSR count). The van der Waals surface area contributed by atoms with Crippen molar-refractivity contribution in [1.29, 1.82) is 0 Å². The van der Waals surface area contributed by atoms with Crippen molar-refractivity contribution in [2.45, 2.75) is 94.7 Å². The molecule has 0 saturated carbocycles. The van der Waals surface area contributed by atoms with E-state index in [1.165, 1.54) is 24.1 Å². The number of ether oxygens (including phenoxy) is 5. The molecule has 0 aliphatic carbocycles. The van der Waals surface area contributed by atoms with Crippen molar-refractivity contribution in [1.82, 2.24) is 4.90 Å². The lowest BCUT2D eigenvalue weighted by Gasteiger charge is -2.41. The van der Waals surface area contributed by atoms with Gasteiger partial charge in [0.1, 0.15) is 41.2 Å². The number of alkyl halides is 3. The number of aliphatic imine (C=N–C) groups is 1. The average Bonchev–Trinajstić information content (AvgIpc) is 3.32. The van der Waals surface area contributed by atoms with Crippen molar-refractivity contribution in [2.24, 2.45) is 4.99 Å². The number of thioether (sulfide) groups is 1. The standard InChI is InChI=1S/C24H30F4N2O6S/c1-22(2,3)36-21(31)30(6)20-29-14-15-16(35-23(4,5)34-15)17(33-19(14)37-20)18(24(26,27)28)32-11-12-7-9-13(25)10-8-12/h7-10,14-19H,11H2,1-6H3/t14-,15-,16+,17+,18-,19-/m1/s1. The van der Waals surface area contributed by atoms with Gasteiger partial charge in [-0.25, -0.2) is 9.18 Å².